The van der Waals surface area contributed by atoms with Gasteiger partial charge in [0.05, 0.1) is 19.8 Å². The number of hydrogen-bond acceptors (Lipinski definition) is 3. The van der Waals surface area contributed by atoms with Crippen LogP contribution >= 0.6 is 0 Å². The van der Waals surface area contributed by atoms with Crippen LogP contribution in [0.4, 0.5) is 0 Å². The zero-order valence-electron chi connectivity index (χ0n) is 9.99. The van der Waals surface area contributed by atoms with E-state index in [1.165, 1.54) is 0 Å². The lowest BCUT2D eigenvalue weighted by molar-refractivity contribution is 0.134. The van der Waals surface area contributed by atoms with Crippen LogP contribution in [-0.4, -0.2) is 24.9 Å². The van der Waals surface area contributed by atoms with Crippen molar-refractivity contribution < 1.29 is 14.6 Å². The molecule has 1 fully saturated rings. The lowest BCUT2D eigenvalue weighted by atomic mass is 10.0. The third kappa shape index (κ3) is 2.00. The lowest BCUT2D eigenvalue weighted by Crippen LogP contribution is -2.13. The first kappa shape index (κ1) is 11.3. The summed E-state index contributed by atoms with van der Waals surface area (Å²) >= 11 is 0. The maximum atomic E-state index is 10.1. The Bertz CT molecular complexity index is 389. The van der Waals surface area contributed by atoms with Crippen molar-refractivity contribution in [3.05, 3.63) is 23.8 Å². The molecule has 3 nitrogen and oxygen atoms in total. The standard InChI is InChI=1S/C13H18O3/c1-9-7-13(9,14)8-10-4-5-11(15-2)12(6-10)16-3/h4-6,9,14H,7-8H2,1-3H3. The molecule has 0 spiro atoms. The Morgan fingerprint density at radius 1 is 1.31 bits per heavy atom. The third-order valence-corrected chi connectivity index (χ3v) is 3.38. The van der Waals surface area contributed by atoms with Gasteiger partial charge < -0.3 is 14.6 Å². The summed E-state index contributed by atoms with van der Waals surface area (Å²) in [6.07, 6.45) is 1.58. The molecule has 1 aromatic carbocycles. The predicted octanol–water partition coefficient (Wildman–Crippen LogP) is 2.02. The first-order chi connectivity index (χ1) is 7.59. The Kier molecular flexibility index (Phi) is 2.80. The highest BCUT2D eigenvalue weighted by molar-refractivity contribution is 5.43. The van der Waals surface area contributed by atoms with E-state index in [-0.39, 0.29) is 0 Å². The van der Waals surface area contributed by atoms with Gasteiger partial charge in [-0.15, -0.1) is 0 Å². The van der Waals surface area contributed by atoms with Gasteiger partial charge in [-0.25, -0.2) is 0 Å². The van der Waals surface area contributed by atoms with Gasteiger partial charge in [-0.1, -0.05) is 13.0 Å². The van der Waals surface area contributed by atoms with Crippen LogP contribution in [-0.2, 0) is 6.42 Å². The maximum Gasteiger partial charge on any atom is 0.160 e. The fourth-order valence-electron chi connectivity index (χ4n) is 2.06. The molecular weight excluding hydrogens is 204 g/mol. The Balaban J connectivity index is 2.17. The van der Waals surface area contributed by atoms with E-state index in [9.17, 15) is 5.11 Å². The minimum atomic E-state index is -0.500. The van der Waals surface area contributed by atoms with Crippen molar-refractivity contribution in [2.45, 2.75) is 25.4 Å². The van der Waals surface area contributed by atoms with Crippen molar-refractivity contribution >= 4 is 0 Å². The molecule has 0 aromatic heterocycles. The van der Waals surface area contributed by atoms with E-state index in [0.717, 1.165) is 23.5 Å². The first-order valence-electron chi connectivity index (χ1n) is 5.52. The zero-order chi connectivity index (χ0) is 11.8. The van der Waals surface area contributed by atoms with Crippen LogP contribution < -0.4 is 9.47 Å². The van der Waals surface area contributed by atoms with Crippen molar-refractivity contribution in [1.29, 1.82) is 0 Å². The highest BCUT2D eigenvalue weighted by Gasteiger charge is 2.49. The minimum Gasteiger partial charge on any atom is -0.493 e. The Morgan fingerprint density at radius 3 is 2.44 bits per heavy atom. The van der Waals surface area contributed by atoms with Crippen molar-refractivity contribution in [3.8, 4) is 11.5 Å². The van der Waals surface area contributed by atoms with Crippen molar-refractivity contribution in [3.63, 3.8) is 0 Å². The molecule has 1 aliphatic rings. The van der Waals surface area contributed by atoms with E-state index < -0.39 is 5.60 Å². The van der Waals surface area contributed by atoms with Crippen LogP contribution in [0.2, 0.25) is 0 Å². The molecule has 2 rings (SSSR count). The van der Waals surface area contributed by atoms with Gasteiger partial charge in [-0.2, -0.15) is 0 Å². The van der Waals surface area contributed by atoms with Crippen LogP contribution in [0.5, 0.6) is 11.5 Å². The summed E-state index contributed by atoms with van der Waals surface area (Å²) in [5.74, 6) is 1.85. The molecule has 0 saturated heterocycles. The summed E-state index contributed by atoms with van der Waals surface area (Å²) in [6, 6.07) is 5.79. The smallest absolute Gasteiger partial charge is 0.160 e. The first-order valence-corrected chi connectivity index (χ1v) is 5.52. The summed E-state index contributed by atoms with van der Waals surface area (Å²) < 4.78 is 10.4. The normalized spacial score (nSPS) is 27.6. The molecule has 0 aliphatic heterocycles. The molecule has 0 bridgehead atoms. The van der Waals surface area contributed by atoms with Gasteiger partial charge in [0, 0.05) is 6.42 Å². The van der Waals surface area contributed by atoms with Crippen molar-refractivity contribution in [2.24, 2.45) is 5.92 Å². The minimum absolute atomic E-state index is 0.403. The Hall–Kier alpha value is -1.22. The highest BCUT2D eigenvalue weighted by Crippen LogP contribution is 2.45. The highest BCUT2D eigenvalue weighted by atomic mass is 16.5. The van der Waals surface area contributed by atoms with Gasteiger partial charge in [0.15, 0.2) is 11.5 Å². The molecule has 2 atom stereocenters. The summed E-state index contributed by atoms with van der Waals surface area (Å²) in [7, 11) is 3.24. The van der Waals surface area contributed by atoms with Gasteiger partial charge >= 0.3 is 0 Å². The second-order valence-corrected chi connectivity index (χ2v) is 4.57. The van der Waals surface area contributed by atoms with Crippen LogP contribution in [0.15, 0.2) is 18.2 Å². The molecule has 0 radical (unpaired) electrons. The van der Waals surface area contributed by atoms with Gasteiger partial charge in [0.25, 0.3) is 0 Å². The van der Waals surface area contributed by atoms with E-state index in [0.29, 0.717) is 12.3 Å². The number of ether oxygens (including phenoxy) is 2. The summed E-state index contributed by atoms with van der Waals surface area (Å²) in [5.41, 5.74) is 0.587. The molecule has 0 amide bonds. The molecule has 1 aliphatic carbocycles. The predicted molar refractivity (Wildman–Crippen MR) is 62.0 cm³/mol. The Morgan fingerprint density at radius 2 is 1.94 bits per heavy atom. The number of aliphatic hydroxyl groups is 1. The van der Waals surface area contributed by atoms with Crippen molar-refractivity contribution in [2.75, 3.05) is 14.2 Å². The van der Waals surface area contributed by atoms with Crippen LogP contribution in [0, 0.1) is 5.92 Å². The summed E-state index contributed by atoms with van der Waals surface area (Å²) in [6.45, 7) is 2.07. The average molecular weight is 222 g/mol. The number of methoxy groups -OCH3 is 2. The quantitative estimate of drug-likeness (QED) is 0.847. The second-order valence-electron chi connectivity index (χ2n) is 4.57. The third-order valence-electron chi connectivity index (χ3n) is 3.38. The van der Waals surface area contributed by atoms with Gasteiger partial charge in [-0.05, 0) is 30.0 Å². The van der Waals surface area contributed by atoms with Crippen molar-refractivity contribution in [1.82, 2.24) is 0 Å². The van der Waals surface area contributed by atoms with E-state index in [1.807, 2.05) is 18.2 Å². The number of benzene rings is 1. The van der Waals surface area contributed by atoms with E-state index >= 15 is 0 Å². The molecule has 2 unspecified atom stereocenters. The van der Waals surface area contributed by atoms with Crippen LogP contribution in [0.3, 0.4) is 0 Å². The van der Waals surface area contributed by atoms with E-state index in [1.54, 1.807) is 14.2 Å². The molecule has 0 heterocycles. The molecule has 16 heavy (non-hydrogen) atoms. The van der Waals surface area contributed by atoms with Crippen LogP contribution in [0.25, 0.3) is 0 Å². The van der Waals surface area contributed by atoms with Gasteiger partial charge in [0.2, 0.25) is 0 Å². The number of rotatable bonds is 4. The second kappa shape index (κ2) is 3.98. The van der Waals surface area contributed by atoms with Gasteiger partial charge in [-0.3, -0.25) is 0 Å². The number of hydrogen-bond donors (Lipinski definition) is 1. The van der Waals surface area contributed by atoms with Gasteiger partial charge in [0.1, 0.15) is 0 Å². The molecule has 3 heteroatoms. The van der Waals surface area contributed by atoms with Crippen LogP contribution in [0.1, 0.15) is 18.9 Å². The average Bonchev–Trinajstić information content (AvgIpc) is 2.85. The van der Waals surface area contributed by atoms with E-state index in [2.05, 4.69) is 6.92 Å². The molecular formula is C13H18O3. The Labute approximate surface area is 96.0 Å². The monoisotopic (exact) mass is 222 g/mol. The largest absolute Gasteiger partial charge is 0.493 e. The molecule has 1 aromatic rings. The topological polar surface area (TPSA) is 38.7 Å². The zero-order valence-corrected chi connectivity index (χ0v) is 9.99. The molecule has 1 saturated carbocycles. The van der Waals surface area contributed by atoms with E-state index in [4.69, 9.17) is 9.47 Å². The summed E-state index contributed by atoms with van der Waals surface area (Å²) in [5, 5.41) is 10.1. The molecule has 1 N–H and O–H groups in total. The fourth-order valence-corrected chi connectivity index (χ4v) is 2.06. The molecule has 88 valence electrons. The lowest BCUT2D eigenvalue weighted by Gasteiger charge is -2.12. The summed E-state index contributed by atoms with van der Waals surface area (Å²) in [4.78, 5) is 0. The fraction of sp³-hybridized carbons (Fsp3) is 0.538. The SMILES string of the molecule is COc1ccc(CC2(O)CC2C)cc1OC. The maximum absolute atomic E-state index is 10.1.